The van der Waals surface area contributed by atoms with Crippen molar-refractivity contribution in [3.8, 4) is 0 Å². The largest absolute Gasteiger partial charge is 0.335 e. The molecule has 0 saturated carbocycles. The summed E-state index contributed by atoms with van der Waals surface area (Å²) >= 11 is 3.47. The molecule has 32 heavy (non-hydrogen) atoms. The first-order valence-corrected chi connectivity index (χ1v) is 13.7. The van der Waals surface area contributed by atoms with Crippen LogP contribution in [0.25, 0.3) is 16.3 Å². The number of para-hydroxylation sites is 2. The molecule has 1 aliphatic heterocycles. The minimum atomic E-state index is -4.04. The SMILES string of the molecule is CCN1/C(=C/C(C)=C\c2sc3ccccc3[n+]2CC[C@@H](C)S(=O)(=O)O)Sc2ccccc21. The molecule has 0 fully saturated rings. The summed E-state index contributed by atoms with van der Waals surface area (Å²) in [6, 6.07) is 16.6. The number of nitrogens with zero attached hydrogens (tertiary/aromatic N) is 2. The van der Waals surface area contributed by atoms with Crippen LogP contribution in [0.2, 0.25) is 0 Å². The number of anilines is 1. The maximum absolute atomic E-state index is 11.5. The van der Waals surface area contributed by atoms with Gasteiger partial charge in [-0.15, -0.1) is 0 Å². The Balaban J connectivity index is 1.67. The van der Waals surface area contributed by atoms with Gasteiger partial charge < -0.3 is 4.90 Å². The Bertz CT molecular complexity index is 1310. The summed E-state index contributed by atoms with van der Waals surface area (Å²) < 4.78 is 35.6. The van der Waals surface area contributed by atoms with Crippen LogP contribution in [0, 0.1) is 0 Å². The Morgan fingerprint density at radius 1 is 1.19 bits per heavy atom. The van der Waals surface area contributed by atoms with Crippen molar-refractivity contribution in [2.45, 2.75) is 43.9 Å². The lowest BCUT2D eigenvalue weighted by atomic mass is 10.2. The van der Waals surface area contributed by atoms with Crippen molar-refractivity contribution in [1.82, 2.24) is 0 Å². The lowest BCUT2D eigenvalue weighted by Crippen LogP contribution is -2.37. The van der Waals surface area contributed by atoms with E-state index in [1.165, 1.54) is 15.6 Å². The molecule has 1 N–H and O–H groups in total. The number of aryl methyl sites for hydroxylation is 1. The van der Waals surface area contributed by atoms with Gasteiger partial charge in [0.25, 0.3) is 15.1 Å². The number of rotatable bonds is 7. The lowest BCUT2D eigenvalue weighted by molar-refractivity contribution is -0.669. The van der Waals surface area contributed by atoms with Crippen LogP contribution in [0.5, 0.6) is 0 Å². The van der Waals surface area contributed by atoms with Crippen LogP contribution in [0.3, 0.4) is 0 Å². The molecule has 0 spiro atoms. The van der Waals surface area contributed by atoms with Crippen LogP contribution in [0.15, 0.2) is 70.1 Å². The first-order chi connectivity index (χ1) is 15.3. The second-order valence-corrected chi connectivity index (χ2v) is 11.8. The van der Waals surface area contributed by atoms with Gasteiger partial charge in [-0.2, -0.15) is 13.0 Å². The van der Waals surface area contributed by atoms with Gasteiger partial charge in [0.2, 0.25) is 5.52 Å². The molecule has 0 unspecified atom stereocenters. The van der Waals surface area contributed by atoms with Crippen molar-refractivity contribution >= 4 is 55.2 Å². The number of aromatic nitrogens is 1. The molecule has 0 bridgehead atoms. The molecule has 1 aliphatic rings. The van der Waals surface area contributed by atoms with Crippen molar-refractivity contribution in [2.75, 3.05) is 11.4 Å². The molecule has 4 rings (SSSR count). The van der Waals surface area contributed by atoms with E-state index in [9.17, 15) is 13.0 Å². The molecular formula is C24H27N2O3S3+. The Kier molecular flexibility index (Phi) is 6.76. The fraction of sp³-hybridized carbons (Fsp3) is 0.292. The second kappa shape index (κ2) is 9.39. The zero-order valence-electron chi connectivity index (χ0n) is 18.4. The fourth-order valence-electron chi connectivity index (χ4n) is 3.77. The molecule has 5 nitrogen and oxygen atoms in total. The predicted octanol–water partition coefficient (Wildman–Crippen LogP) is 5.73. The van der Waals surface area contributed by atoms with Crippen molar-refractivity contribution in [3.63, 3.8) is 0 Å². The Morgan fingerprint density at radius 3 is 2.66 bits per heavy atom. The molecular weight excluding hydrogens is 460 g/mol. The zero-order valence-corrected chi connectivity index (χ0v) is 20.8. The lowest BCUT2D eigenvalue weighted by Gasteiger charge is -2.17. The number of benzene rings is 2. The van der Waals surface area contributed by atoms with Crippen molar-refractivity contribution < 1.29 is 17.5 Å². The van der Waals surface area contributed by atoms with Crippen molar-refractivity contribution in [3.05, 3.63) is 70.2 Å². The molecule has 3 aromatic rings. The summed E-state index contributed by atoms with van der Waals surface area (Å²) in [5.74, 6) is 0. The molecule has 1 aromatic heterocycles. The van der Waals surface area contributed by atoms with Crippen LogP contribution in [0.1, 0.15) is 32.2 Å². The highest BCUT2D eigenvalue weighted by atomic mass is 32.2. The van der Waals surface area contributed by atoms with Crippen molar-refractivity contribution in [1.29, 1.82) is 0 Å². The summed E-state index contributed by atoms with van der Waals surface area (Å²) in [5, 5.41) is 1.46. The summed E-state index contributed by atoms with van der Waals surface area (Å²) in [6.45, 7) is 7.22. The van der Waals surface area contributed by atoms with Crippen LogP contribution >= 0.6 is 23.1 Å². The van der Waals surface area contributed by atoms with Gasteiger partial charge in [-0.3, -0.25) is 4.55 Å². The maximum atomic E-state index is 11.5. The molecule has 0 aliphatic carbocycles. The topological polar surface area (TPSA) is 61.5 Å². The Hall–Kier alpha value is -2.13. The standard InChI is InChI=1S/C24H26N2O3S3/c1-4-25-19-9-5-7-11-21(19)30-23(25)15-17(2)16-24-26(14-13-18(3)32(27,28)29)20-10-6-8-12-22(20)31-24/h5-12,15-16,18H,4,13-14H2,1-3H3/p+1/t18-/m1/s1. The van der Waals surface area contributed by atoms with Gasteiger partial charge in [0.1, 0.15) is 4.70 Å². The van der Waals surface area contributed by atoms with Gasteiger partial charge in [0.05, 0.1) is 16.0 Å². The highest BCUT2D eigenvalue weighted by Gasteiger charge is 2.25. The van der Waals surface area contributed by atoms with E-state index in [2.05, 4.69) is 71.9 Å². The van der Waals surface area contributed by atoms with Crippen molar-refractivity contribution in [2.24, 2.45) is 0 Å². The minimum absolute atomic E-state index is 0.347. The minimum Gasteiger partial charge on any atom is -0.335 e. The predicted molar refractivity (Wildman–Crippen MR) is 135 cm³/mol. The zero-order chi connectivity index (χ0) is 22.9. The first kappa shape index (κ1) is 23.0. The monoisotopic (exact) mass is 487 g/mol. The third-order valence-electron chi connectivity index (χ3n) is 5.56. The molecule has 2 aromatic carbocycles. The van der Waals surface area contributed by atoms with Gasteiger partial charge in [-0.1, -0.05) is 47.4 Å². The van der Waals surface area contributed by atoms with Crippen LogP contribution < -0.4 is 9.47 Å². The molecule has 168 valence electrons. The third-order valence-corrected chi connectivity index (χ3v) is 9.04. The van der Waals surface area contributed by atoms with Crippen LogP contribution in [-0.2, 0) is 16.7 Å². The summed E-state index contributed by atoms with van der Waals surface area (Å²) in [6.07, 6.45) is 4.72. The quantitative estimate of drug-likeness (QED) is 0.341. The summed E-state index contributed by atoms with van der Waals surface area (Å²) in [5.41, 5.74) is 3.45. The molecule has 1 atom stereocenters. The molecule has 0 amide bonds. The molecule has 0 radical (unpaired) electrons. The van der Waals surface area contributed by atoms with Crippen LogP contribution in [-0.4, -0.2) is 24.8 Å². The Labute approximate surface area is 197 Å². The van der Waals surface area contributed by atoms with Gasteiger partial charge in [-0.25, -0.2) is 0 Å². The first-order valence-electron chi connectivity index (χ1n) is 10.6. The van der Waals surface area contributed by atoms with E-state index in [4.69, 9.17) is 0 Å². The van der Waals surface area contributed by atoms with E-state index >= 15 is 0 Å². The number of thioether (sulfide) groups is 1. The highest BCUT2D eigenvalue weighted by Crippen LogP contribution is 2.45. The van der Waals surface area contributed by atoms with E-state index in [-0.39, 0.29) is 0 Å². The highest BCUT2D eigenvalue weighted by molar-refractivity contribution is 8.03. The molecule has 0 saturated heterocycles. The van der Waals surface area contributed by atoms with E-state index < -0.39 is 15.4 Å². The average molecular weight is 488 g/mol. The number of fused-ring (bicyclic) bond motifs is 2. The van der Waals surface area contributed by atoms with Gasteiger partial charge in [0.15, 0.2) is 6.54 Å². The van der Waals surface area contributed by atoms with E-state index in [0.29, 0.717) is 13.0 Å². The molecule has 2 heterocycles. The molecule has 8 heteroatoms. The van der Waals surface area contributed by atoms with E-state index in [1.807, 2.05) is 12.1 Å². The number of thiazole rings is 1. The Morgan fingerprint density at radius 2 is 1.91 bits per heavy atom. The van der Waals surface area contributed by atoms with E-state index in [1.54, 1.807) is 30.0 Å². The van der Waals surface area contributed by atoms with E-state index in [0.717, 1.165) is 27.3 Å². The fourth-order valence-corrected chi connectivity index (χ4v) is 6.61. The van der Waals surface area contributed by atoms with Gasteiger partial charge >= 0.3 is 0 Å². The smallest absolute Gasteiger partial charge is 0.267 e. The number of allylic oxidation sites excluding steroid dienone is 2. The summed E-state index contributed by atoms with van der Waals surface area (Å²) in [4.78, 5) is 3.59. The second-order valence-electron chi connectivity index (χ2n) is 7.86. The summed E-state index contributed by atoms with van der Waals surface area (Å²) in [7, 11) is -4.04. The van der Waals surface area contributed by atoms with Gasteiger partial charge in [0, 0.05) is 30.0 Å². The van der Waals surface area contributed by atoms with Crippen LogP contribution in [0.4, 0.5) is 5.69 Å². The number of hydrogen-bond donors (Lipinski definition) is 1. The van der Waals surface area contributed by atoms with Gasteiger partial charge in [-0.05, 0) is 50.6 Å². The normalized spacial score (nSPS) is 16.7. The maximum Gasteiger partial charge on any atom is 0.267 e. The number of hydrogen-bond acceptors (Lipinski definition) is 5. The third kappa shape index (κ3) is 4.78. The average Bonchev–Trinajstić information content (AvgIpc) is 3.27.